The molecule has 0 saturated heterocycles. The molecule has 0 aliphatic rings. The van der Waals surface area contributed by atoms with Gasteiger partial charge < -0.3 is 4.74 Å². The van der Waals surface area contributed by atoms with Gasteiger partial charge in [0.05, 0.1) is 24.6 Å². The third-order valence-corrected chi connectivity index (χ3v) is 2.62. The Morgan fingerprint density at radius 2 is 2.05 bits per heavy atom. The van der Waals surface area contributed by atoms with Gasteiger partial charge in [-0.2, -0.15) is 5.10 Å². The highest BCUT2D eigenvalue weighted by atomic mass is 16.5. The van der Waals surface area contributed by atoms with E-state index in [2.05, 4.69) is 15.5 Å². The number of ether oxygens (including phenoxy) is 1. The van der Waals surface area contributed by atoms with Crippen molar-refractivity contribution in [1.29, 1.82) is 0 Å². The van der Waals surface area contributed by atoms with Crippen LogP contribution < -0.4 is 10.2 Å². The Bertz CT molecular complexity index is 639. The first-order chi connectivity index (χ1) is 9.70. The zero-order chi connectivity index (χ0) is 14.4. The van der Waals surface area contributed by atoms with Gasteiger partial charge in [0, 0.05) is 5.69 Å². The van der Waals surface area contributed by atoms with Crippen LogP contribution in [-0.4, -0.2) is 24.2 Å². The van der Waals surface area contributed by atoms with Crippen LogP contribution in [-0.2, 0) is 0 Å². The summed E-state index contributed by atoms with van der Waals surface area (Å²) in [7, 11) is 1.52. The lowest BCUT2D eigenvalue weighted by Crippen LogP contribution is -2.18. The molecule has 5 nitrogen and oxygen atoms in total. The van der Waals surface area contributed by atoms with Crippen LogP contribution in [0.5, 0.6) is 5.75 Å². The van der Waals surface area contributed by atoms with Gasteiger partial charge in [0.1, 0.15) is 5.75 Å². The fourth-order valence-corrected chi connectivity index (χ4v) is 1.69. The van der Waals surface area contributed by atoms with E-state index in [0.717, 1.165) is 5.69 Å². The zero-order valence-corrected chi connectivity index (χ0v) is 11.3. The number of amides is 1. The first kappa shape index (κ1) is 13.7. The molecule has 0 radical (unpaired) electrons. The lowest BCUT2D eigenvalue weighted by molar-refractivity contribution is 0.0952. The van der Waals surface area contributed by atoms with Crippen LogP contribution in [0.15, 0.2) is 47.6 Å². The van der Waals surface area contributed by atoms with Crippen molar-refractivity contribution in [3.05, 3.63) is 59.4 Å². The molecule has 102 valence electrons. The van der Waals surface area contributed by atoms with Crippen LogP contribution in [0, 0.1) is 6.92 Å². The zero-order valence-electron chi connectivity index (χ0n) is 11.3. The summed E-state index contributed by atoms with van der Waals surface area (Å²) in [6, 6.07) is 12.6. The van der Waals surface area contributed by atoms with E-state index in [1.165, 1.54) is 13.3 Å². The quantitative estimate of drug-likeness (QED) is 0.683. The Kier molecular flexibility index (Phi) is 4.44. The maximum atomic E-state index is 12.0. The molecule has 20 heavy (non-hydrogen) atoms. The minimum atomic E-state index is -0.327. The molecule has 1 amide bonds. The second-order valence-corrected chi connectivity index (χ2v) is 4.10. The van der Waals surface area contributed by atoms with Crippen molar-refractivity contribution in [2.45, 2.75) is 6.92 Å². The molecule has 1 aromatic heterocycles. The summed E-state index contributed by atoms with van der Waals surface area (Å²) in [5.41, 5.74) is 4.47. The van der Waals surface area contributed by atoms with Crippen molar-refractivity contribution in [2.75, 3.05) is 7.11 Å². The average Bonchev–Trinajstić information content (AvgIpc) is 2.47. The standard InChI is InChI=1S/C15H15N3O2/c1-11-6-5-7-12(17-11)10-16-18-15(19)13-8-3-4-9-14(13)20-2/h3-10H,1-2H3,(H,18,19). The number of hydrogen-bond acceptors (Lipinski definition) is 4. The normalized spacial score (nSPS) is 10.5. The molecule has 0 saturated carbocycles. The fourth-order valence-electron chi connectivity index (χ4n) is 1.69. The summed E-state index contributed by atoms with van der Waals surface area (Å²) in [6.45, 7) is 1.89. The topological polar surface area (TPSA) is 63.6 Å². The molecule has 1 N–H and O–H groups in total. The van der Waals surface area contributed by atoms with Crippen LogP contribution >= 0.6 is 0 Å². The van der Waals surface area contributed by atoms with Crippen LogP contribution in [0.1, 0.15) is 21.7 Å². The number of nitrogens with one attached hydrogen (secondary N) is 1. The van der Waals surface area contributed by atoms with E-state index in [1.807, 2.05) is 25.1 Å². The number of para-hydroxylation sites is 1. The fraction of sp³-hybridized carbons (Fsp3) is 0.133. The third-order valence-electron chi connectivity index (χ3n) is 2.62. The number of carbonyl (C=O) groups is 1. The second-order valence-electron chi connectivity index (χ2n) is 4.10. The second kappa shape index (κ2) is 6.47. The molecule has 5 heteroatoms. The minimum absolute atomic E-state index is 0.327. The Hall–Kier alpha value is -2.69. The molecule has 0 spiro atoms. The molecule has 1 heterocycles. The molecule has 2 rings (SSSR count). The van der Waals surface area contributed by atoms with Gasteiger partial charge in [-0.3, -0.25) is 9.78 Å². The first-order valence-electron chi connectivity index (χ1n) is 6.11. The Morgan fingerprint density at radius 1 is 1.25 bits per heavy atom. The molecule has 2 aromatic rings. The molecule has 0 unspecified atom stereocenters. The summed E-state index contributed by atoms with van der Waals surface area (Å²) < 4.78 is 5.12. The maximum Gasteiger partial charge on any atom is 0.275 e. The predicted octanol–water partition coefficient (Wildman–Crippen LogP) is 2.16. The van der Waals surface area contributed by atoms with Gasteiger partial charge in [0.2, 0.25) is 0 Å². The predicted molar refractivity (Wildman–Crippen MR) is 77.0 cm³/mol. The highest BCUT2D eigenvalue weighted by Gasteiger charge is 2.09. The van der Waals surface area contributed by atoms with Crippen molar-refractivity contribution in [2.24, 2.45) is 5.10 Å². The average molecular weight is 269 g/mol. The Labute approximate surface area is 117 Å². The number of pyridine rings is 1. The lowest BCUT2D eigenvalue weighted by Gasteiger charge is -2.05. The van der Waals surface area contributed by atoms with E-state index in [1.54, 1.807) is 24.3 Å². The largest absolute Gasteiger partial charge is 0.496 e. The van der Waals surface area contributed by atoms with Crippen LogP contribution in [0.4, 0.5) is 0 Å². The molecular weight excluding hydrogens is 254 g/mol. The molecule has 1 aromatic carbocycles. The highest BCUT2D eigenvalue weighted by molar-refractivity contribution is 5.97. The van der Waals surface area contributed by atoms with Crippen LogP contribution in [0.25, 0.3) is 0 Å². The number of carbonyl (C=O) groups excluding carboxylic acids is 1. The summed E-state index contributed by atoms with van der Waals surface area (Å²) >= 11 is 0. The van der Waals surface area contributed by atoms with Gasteiger partial charge >= 0.3 is 0 Å². The van der Waals surface area contributed by atoms with E-state index in [9.17, 15) is 4.79 Å². The number of hydrazone groups is 1. The van der Waals surface area contributed by atoms with Gasteiger partial charge in [-0.05, 0) is 31.2 Å². The van der Waals surface area contributed by atoms with Crippen LogP contribution in [0.2, 0.25) is 0 Å². The monoisotopic (exact) mass is 269 g/mol. The SMILES string of the molecule is COc1ccccc1C(=O)NN=Cc1cccc(C)n1. The minimum Gasteiger partial charge on any atom is -0.496 e. The van der Waals surface area contributed by atoms with Crippen molar-refractivity contribution in [3.8, 4) is 5.75 Å². The van der Waals surface area contributed by atoms with Gasteiger partial charge in [-0.1, -0.05) is 18.2 Å². The molecule has 0 aliphatic carbocycles. The van der Waals surface area contributed by atoms with E-state index < -0.39 is 0 Å². The number of hydrogen-bond donors (Lipinski definition) is 1. The summed E-state index contributed by atoms with van der Waals surface area (Å²) in [6.07, 6.45) is 1.50. The number of aryl methyl sites for hydroxylation is 1. The smallest absolute Gasteiger partial charge is 0.275 e. The molecule has 0 fully saturated rings. The molecule has 0 aliphatic heterocycles. The van der Waals surface area contributed by atoms with Crippen molar-refractivity contribution < 1.29 is 9.53 Å². The first-order valence-corrected chi connectivity index (χ1v) is 6.11. The van der Waals surface area contributed by atoms with E-state index in [-0.39, 0.29) is 5.91 Å². The van der Waals surface area contributed by atoms with Crippen molar-refractivity contribution in [1.82, 2.24) is 10.4 Å². The number of aromatic nitrogens is 1. The number of methoxy groups -OCH3 is 1. The summed E-state index contributed by atoms with van der Waals surface area (Å²) in [4.78, 5) is 16.2. The number of rotatable bonds is 4. The van der Waals surface area contributed by atoms with E-state index in [4.69, 9.17) is 4.74 Å². The van der Waals surface area contributed by atoms with E-state index >= 15 is 0 Å². The van der Waals surface area contributed by atoms with Gasteiger partial charge in [-0.15, -0.1) is 0 Å². The van der Waals surface area contributed by atoms with Crippen molar-refractivity contribution in [3.63, 3.8) is 0 Å². The van der Waals surface area contributed by atoms with Gasteiger partial charge in [-0.25, -0.2) is 5.43 Å². The maximum absolute atomic E-state index is 12.0. The highest BCUT2D eigenvalue weighted by Crippen LogP contribution is 2.16. The molecular formula is C15H15N3O2. The Balaban J connectivity index is 2.05. The van der Waals surface area contributed by atoms with E-state index in [0.29, 0.717) is 17.0 Å². The van der Waals surface area contributed by atoms with Crippen LogP contribution in [0.3, 0.4) is 0 Å². The Morgan fingerprint density at radius 3 is 2.80 bits per heavy atom. The lowest BCUT2D eigenvalue weighted by atomic mass is 10.2. The number of nitrogens with zero attached hydrogens (tertiary/aromatic N) is 2. The summed E-state index contributed by atoms with van der Waals surface area (Å²) in [5.74, 6) is 0.181. The molecule has 0 atom stereocenters. The third kappa shape index (κ3) is 3.41. The van der Waals surface area contributed by atoms with Gasteiger partial charge in [0.25, 0.3) is 5.91 Å². The van der Waals surface area contributed by atoms with Crippen molar-refractivity contribution >= 4 is 12.1 Å². The molecule has 0 bridgehead atoms. The van der Waals surface area contributed by atoms with Gasteiger partial charge in [0.15, 0.2) is 0 Å². The summed E-state index contributed by atoms with van der Waals surface area (Å²) in [5, 5.41) is 3.89. The number of benzene rings is 1.